The molecule has 0 spiro atoms. The van der Waals surface area contributed by atoms with Crippen molar-refractivity contribution in [3.8, 4) is 5.75 Å². The lowest BCUT2D eigenvalue weighted by Crippen LogP contribution is -2.21. The van der Waals surface area contributed by atoms with E-state index in [1.807, 2.05) is 26.8 Å². The number of benzene rings is 1. The smallest absolute Gasteiger partial charge is 0.291 e. The fourth-order valence-corrected chi connectivity index (χ4v) is 1.65. The van der Waals surface area contributed by atoms with Gasteiger partial charge in [0.05, 0.1) is 7.11 Å². The number of hydrogen-bond donors (Lipinski definition) is 1. The molecule has 0 unspecified atom stereocenters. The second-order valence-electron chi connectivity index (χ2n) is 4.03. The number of ketones is 1. The first-order valence-electron chi connectivity index (χ1n) is 5.35. The third-order valence-corrected chi connectivity index (χ3v) is 2.83. The van der Waals surface area contributed by atoms with E-state index in [4.69, 9.17) is 4.74 Å². The minimum atomic E-state index is -0.597. The molecular weight excluding hydrogens is 218 g/mol. The maximum atomic E-state index is 11.4. The Kier molecular flexibility index (Phi) is 3.89. The zero-order valence-corrected chi connectivity index (χ0v) is 10.8. The summed E-state index contributed by atoms with van der Waals surface area (Å²) in [6.07, 6.45) is 0. The van der Waals surface area contributed by atoms with Crippen LogP contribution in [0.2, 0.25) is 0 Å². The van der Waals surface area contributed by atoms with E-state index in [-0.39, 0.29) is 0 Å². The first-order chi connectivity index (χ1) is 7.88. The van der Waals surface area contributed by atoms with Gasteiger partial charge in [0.1, 0.15) is 5.75 Å². The van der Waals surface area contributed by atoms with Crippen molar-refractivity contribution in [2.24, 2.45) is 0 Å². The summed E-state index contributed by atoms with van der Waals surface area (Å²) in [7, 11) is 1.61. The molecule has 1 N–H and O–H groups in total. The highest BCUT2D eigenvalue weighted by Gasteiger charge is 2.14. The molecule has 0 fully saturated rings. The standard InChI is InChI=1S/C13H17NO3/c1-7-6-11(17-5)8(2)9(3)12(7)14-13(16)10(4)15/h6H,1-5H3,(H,14,16). The van der Waals surface area contributed by atoms with Crippen LogP contribution >= 0.6 is 0 Å². The summed E-state index contributed by atoms with van der Waals surface area (Å²) in [6.45, 7) is 6.92. The molecule has 0 aliphatic rings. The first-order valence-corrected chi connectivity index (χ1v) is 5.35. The average Bonchev–Trinajstić information content (AvgIpc) is 2.28. The third kappa shape index (κ3) is 2.64. The van der Waals surface area contributed by atoms with Gasteiger partial charge in [-0.05, 0) is 43.5 Å². The molecule has 1 aromatic carbocycles. The Balaban J connectivity index is 3.22. The van der Waals surface area contributed by atoms with Crippen LogP contribution in [-0.2, 0) is 9.59 Å². The summed E-state index contributed by atoms with van der Waals surface area (Å²) < 4.78 is 5.23. The normalized spacial score (nSPS) is 9.94. The van der Waals surface area contributed by atoms with E-state index in [9.17, 15) is 9.59 Å². The number of carbonyl (C=O) groups excluding carboxylic acids is 2. The predicted molar refractivity (Wildman–Crippen MR) is 66.5 cm³/mol. The van der Waals surface area contributed by atoms with Gasteiger partial charge in [-0.15, -0.1) is 0 Å². The molecule has 4 heteroatoms. The maximum absolute atomic E-state index is 11.4. The zero-order valence-electron chi connectivity index (χ0n) is 10.8. The Morgan fingerprint density at radius 2 is 1.76 bits per heavy atom. The van der Waals surface area contributed by atoms with Crippen LogP contribution in [0.25, 0.3) is 0 Å². The van der Waals surface area contributed by atoms with Crippen LogP contribution in [0, 0.1) is 20.8 Å². The Morgan fingerprint density at radius 3 is 2.24 bits per heavy atom. The van der Waals surface area contributed by atoms with Crippen molar-refractivity contribution in [1.29, 1.82) is 0 Å². The number of nitrogens with one attached hydrogen (secondary N) is 1. The molecule has 0 aliphatic heterocycles. The molecule has 1 amide bonds. The van der Waals surface area contributed by atoms with Gasteiger partial charge in [0.15, 0.2) is 0 Å². The van der Waals surface area contributed by atoms with E-state index >= 15 is 0 Å². The Labute approximate surface area is 101 Å². The van der Waals surface area contributed by atoms with E-state index in [0.29, 0.717) is 5.69 Å². The van der Waals surface area contributed by atoms with Gasteiger partial charge in [-0.1, -0.05) is 0 Å². The van der Waals surface area contributed by atoms with Gasteiger partial charge in [-0.2, -0.15) is 0 Å². The van der Waals surface area contributed by atoms with Crippen LogP contribution in [0.15, 0.2) is 6.07 Å². The number of anilines is 1. The molecule has 0 heterocycles. The number of aryl methyl sites for hydroxylation is 1. The molecule has 0 saturated heterocycles. The molecule has 0 radical (unpaired) electrons. The zero-order chi connectivity index (χ0) is 13.2. The first kappa shape index (κ1) is 13.2. The van der Waals surface area contributed by atoms with Crippen LogP contribution in [0.1, 0.15) is 23.6 Å². The second kappa shape index (κ2) is 4.99. The quantitative estimate of drug-likeness (QED) is 0.817. The van der Waals surface area contributed by atoms with E-state index in [1.165, 1.54) is 6.92 Å². The van der Waals surface area contributed by atoms with Gasteiger partial charge in [0, 0.05) is 12.6 Å². The van der Waals surface area contributed by atoms with Crippen LogP contribution < -0.4 is 10.1 Å². The number of carbonyl (C=O) groups is 2. The summed E-state index contributed by atoms with van der Waals surface area (Å²) in [4.78, 5) is 22.3. The minimum Gasteiger partial charge on any atom is -0.496 e. The number of ether oxygens (including phenoxy) is 1. The molecule has 0 atom stereocenters. The highest BCUT2D eigenvalue weighted by Crippen LogP contribution is 2.30. The Hall–Kier alpha value is -1.84. The van der Waals surface area contributed by atoms with Crippen molar-refractivity contribution < 1.29 is 14.3 Å². The molecule has 1 rings (SSSR count). The van der Waals surface area contributed by atoms with Gasteiger partial charge in [0.25, 0.3) is 5.91 Å². The van der Waals surface area contributed by atoms with E-state index in [0.717, 1.165) is 22.4 Å². The average molecular weight is 235 g/mol. The number of Topliss-reactive ketones (excluding diaryl/α,β-unsaturated/α-hetero) is 1. The highest BCUT2D eigenvalue weighted by atomic mass is 16.5. The van der Waals surface area contributed by atoms with Crippen LogP contribution in [0.5, 0.6) is 5.75 Å². The van der Waals surface area contributed by atoms with Crippen LogP contribution in [0.3, 0.4) is 0 Å². The molecule has 0 saturated carbocycles. The second-order valence-corrected chi connectivity index (χ2v) is 4.03. The topological polar surface area (TPSA) is 55.4 Å². The predicted octanol–water partition coefficient (Wildman–Crippen LogP) is 2.15. The summed E-state index contributed by atoms with van der Waals surface area (Å²) in [6, 6.07) is 1.85. The van der Waals surface area contributed by atoms with Crippen molar-refractivity contribution >= 4 is 17.4 Å². The summed E-state index contributed by atoms with van der Waals surface area (Å²) >= 11 is 0. The van der Waals surface area contributed by atoms with Crippen molar-refractivity contribution in [3.05, 3.63) is 22.8 Å². The summed E-state index contributed by atoms with van der Waals surface area (Å²) in [5.41, 5.74) is 3.43. The Bertz CT molecular complexity index is 478. The third-order valence-electron chi connectivity index (χ3n) is 2.83. The number of methoxy groups -OCH3 is 1. The molecule has 17 heavy (non-hydrogen) atoms. The maximum Gasteiger partial charge on any atom is 0.291 e. The molecule has 0 aromatic heterocycles. The van der Waals surface area contributed by atoms with Gasteiger partial charge in [-0.25, -0.2) is 0 Å². The monoisotopic (exact) mass is 235 g/mol. The van der Waals surface area contributed by atoms with Crippen LogP contribution in [0.4, 0.5) is 5.69 Å². The lowest BCUT2D eigenvalue weighted by atomic mass is 10.0. The van der Waals surface area contributed by atoms with Crippen LogP contribution in [-0.4, -0.2) is 18.8 Å². The number of amides is 1. The molecule has 0 aliphatic carbocycles. The van der Waals surface area contributed by atoms with Gasteiger partial charge < -0.3 is 10.1 Å². The van der Waals surface area contributed by atoms with Crippen molar-refractivity contribution in [2.75, 3.05) is 12.4 Å². The minimum absolute atomic E-state index is 0.503. The van der Waals surface area contributed by atoms with Gasteiger partial charge in [0.2, 0.25) is 5.78 Å². The molecular formula is C13H17NO3. The van der Waals surface area contributed by atoms with E-state index in [2.05, 4.69) is 5.32 Å². The summed E-state index contributed by atoms with van der Waals surface area (Å²) in [5, 5.41) is 2.63. The van der Waals surface area contributed by atoms with Crippen molar-refractivity contribution in [3.63, 3.8) is 0 Å². The lowest BCUT2D eigenvalue weighted by molar-refractivity contribution is -0.133. The number of hydrogen-bond acceptors (Lipinski definition) is 3. The van der Waals surface area contributed by atoms with Crippen molar-refractivity contribution in [1.82, 2.24) is 0 Å². The molecule has 1 aromatic rings. The fourth-order valence-electron chi connectivity index (χ4n) is 1.65. The molecule has 0 bridgehead atoms. The summed E-state index contributed by atoms with van der Waals surface area (Å²) in [5.74, 6) is -0.320. The molecule has 92 valence electrons. The van der Waals surface area contributed by atoms with Gasteiger partial charge >= 0.3 is 0 Å². The van der Waals surface area contributed by atoms with E-state index < -0.39 is 11.7 Å². The largest absolute Gasteiger partial charge is 0.496 e. The number of rotatable bonds is 3. The fraction of sp³-hybridized carbons (Fsp3) is 0.385. The van der Waals surface area contributed by atoms with Gasteiger partial charge in [-0.3, -0.25) is 9.59 Å². The van der Waals surface area contributed by atoms with Crippen molar-refractivity contribution in [2.45, 2.75) is 27.7 Å². The Morgan fingerprint density at radius 1 is 1.18 bits per heavy atom. The highest BCUT2D eigenvalue weighted by molar-refractivity contribution is 6.39. The lowest BCUT2D eigenvalue weighted by Gasteiger charge is -2.16. The molecule has 4 nitrogen and oxygen atoms in total. The SMILES string of the molecule is COc1cc(C)c(NC(=O)C(C)=O)c(C)c1C. The van der Waals surface area contributed by atoms with E-state index in [1.54, 1.807) is 7.11 Å².